The molecule has 0 radical (unpaired) electrons. The number of fused-ring (bicyclic) bond motifs is 5. The van der Waals surface area contributed by atoms with E-state index < -0.39 is 12.1 Å². The van der Waals surface area contributed by atoms with Crippen LogP contribution in [0, 0.1) is 11.8 Å². The number of carbonyl (C=O) groups is 2. The van der Waals surface area contributed by atoms with Gasteiger partial charge in [0.2, 0.25) is 5.91 Å². The monoisotopic (exact) mass is 791 g/mol. The highest BCUT2D eigenvalue weighted by Gasteiger charge is 2.38. The molecule has 2 fully saturated rings. The molecule has 5 atom stereocenters. The molecule has 5 aromatic rings. The van der Waals surface area contributed by atoms with Gasteiger partial charge in [-0.3, -0.25) is 9.69 Å². The number of carbonyl (C=O) groups excluding carboxylic acids is 2. The fourth-order valence-corrected chi connectivity index (χ4v) is 8.88. The van der Waals surface area contributed by atoms with Crippen LogP contribution >= 0.6 is 0 Å². The average molecular weight is 792 g/mol. The van der Waals surface area contributed by atoms with Crippen molar-refractivity contribution in [2.24, 2.45) is 17.6 Å². The number of ether oxygens (including phenoxy) is 3. The van der Waals surface area contributed by atoms with E-state index in [1.807, 2.05) is 31.1 Å². The summed E-state index contributed by atoms with van der Waals surface area (Å²) in [5.41, 5.74) is 13.4. The zero-order chi connectivity index (χ0) is 40.7. The van der Waals surface area contributed by atoms with Gasteiger partial charge in [-0.1, -0.05) is 39.8 Å². The molecule has 6 heterocycles. The predicted octanol–water partition coefficient (Wildman–Crippen LogP) is 7.01. The van der Waals surface area contributed by atoms with Gasteiger partial charge >= 0.3 is 6.09 Å². The molecule has 58 heavy (non-hydrogen) atoms. The maximum absolute atomic E-state index is 13.6. The van der Waals surface area contributed by atoms with Crippen LogP contribution in [0.3, 0.4) is 0 Å². The summed E-state index contributed by atoms with van der Waals surface area (Å²) >= 11 is 0. The number of benzene rings is 2. The molecule has 3 aliphatic rings. The van der Waals surface area contributed by atoms with E-state index in [4.69, 9.17) is 29.9 Å². The number of methoxy groups -OCH3 is 2. The van der Waals surface area contributed by atoms with Crippen molar-refractivity contribution in [1.29, 1.82) is 0 Å². The zero-order valence-electron chi connectivity index (χ0n) is 34.5. The second-order valence-electron chi connectivity index (χ2n) is 16.8. The van der Waals surface area contributed by atoms with Gasteiger partial charge in [-0.15, -0.1) is 0 Å². The highest BCUT2D eigenvalue weighted by Crippen LogP contribution is 2.42. The van der Waals surface area contributed by atoms with Crippen molar-refractivity contribution in [2.75, 3.05) is 33.9 Å². The lowest BCUT2D eigenvalue weighted by Crippen LogP contribution is -2.51. The molecule has 14 heteroatoms. The van der Waals surface area contributed by atoms with Gasteiger partial charge < -0.3 is 44.7 Å². The molecule has 2 aromatic carbocycles. The molecule has 3 aliphatic heterocycles. The van der Waals surface area contributed by atoms with Crippen LogP contribution in [0.15, 0.2) is 54.9 Å². The minimum atomic E-state index is -0.683. The van der Waals surface area contributed by atoms with E-state index in [1.54, 1.807) is 7.11 Å². The Morgan fingerprint density at radius 3 is 2.40 bits per heavy atom. The standard InChI is InChI=1S/C44H57N9O5/c1-25(2)32(45)9-7-15-51-23-30(56-5)20-38(51)42-47-22-34(49-42)28-11-13-31-37-18-29-17-27(12-14-35(29)53(37)24-58-39(31)19-28)33-21-46-41(48-33)36-10-8-16-52(36)43(54)40(26(3)4)50-44(55)57-6/h11-14,17-19,21-22,25-26,30,32,36,38,40H,7-10,15-16,20,23-24,45H2,1-6H3,(H,46,48)(H,47,49)(H,50,55). The van der Waals surface area contributed by atoms with E-state index in [9.17, 15) is 9.59 Å². The molecule has 308 valence electrons. The first-order valence-corrected chi connectivity index (χ1v) is 20.7. The maximum Gasteiger partial charge on any atom is 0.407 e. The fraction of sp³-hybridized carbons (Fsp3) is 0.500. The molecule has 0 bridgehead atoms. The van der Waals surface area contributed by atoms with Crippen molar-refractivity contribution in [1.82, 2.24) is 39.6 Å². The van der Waals surface area contributed by atoms with E-state index in [-0.39, 0.29) is 36.1 Å². The predicted molar refractivity (Wildman–Crippen MR) is 223 cm³/mol. The Morgan fingerprint density at radius 1 is 0.966 bits per heavy atom. The van der Waals surface area contributed by atoms with Crippen LogP contribution in [0.4, 0.5) is 4.79 Å². The number of amides is 2. The third kappa shape index (κ3) is 7.72. The highest BCUT2D eigenvalue weighted by atomic mass is 16.5. The summed E-state index contributed by atoms with van der Waals surface area (Å²) < 4.78 is 19.2. The summed E-state index contributed by atoms with van der Waals surface area (Å²) in [4.78, 5) is 46.7. The molecule has 0 saturated carbocycles. The lowest BCUT2D eigenvalue weighted by molar-refractivity contribution is -0.135. The summed E-state index contributed by atoms with van der Waals surface area (Å²) in [6.07, 6.45) is 7.93. The van der Waals surface area contributed by atoms with Gasteiger partial charge in [0.25, 0.3) is 0 Å². The summed E-state index contributed by atoms with van der Waals surface area (Å²) in [7, 11) is 3.10. The largest absolute Gasteiger partial charge is 0.472 e. The number of aromatic amines is 2. The van der Waals surface area contributed by atoms with Crippen LogP contribution in [0.5, 0.6) is 5.75 Å². The van der Waals surface area contributed by atoms with E-state index in [1.165, 1.54) is 7.11 Å². The third-order valence-electron chi connectivity index (χ3n) is 12.4. The van der Waals surface area contributed by atoms with Gasteiger partial charge in [0, 0.05) is 48.3 Å². The minimum absolute atomic E-state index is 0.0996. The maximum atomic E-state index is 13.6. The minimum Gasteiger partial charge on any atom is -0.472 e. The number of nitrogens with one attached hydrogen (secondary N) is 3. The molecule has 0 spiro atoms. The van der Waals surface area contributed by atoms with Crippen LogP contribution in [0.1, 0.15) is 83.5 Å². The Bertz CT molecular complexity index is 2260. The topological polar surface area (TPSA) is 169 Å². The van der Waals surface area contributed by atoms with E-state index in [0.717, 1.165) is 107 Å². The molecule has 3 aromatic heterocycles. The third-order valence-corrected chi connectivity index (χ3v) is 12.4. The van der Waals surface area contributed by atoms with Gasteiger partial charge in [-0.25, -0.2) is 14.8 Å². The number of hydrogen-bond acceptors (Lipinski definition) is 9. The van der Waals surface area contributed by atoms with Gasteiger partial charge in [0.15, 0.2) is 6.73 Å². The number of rotatable bonds is 13. The number of aromatic nitrogens is 5. The quantitative estimate of drug-likeness (QED) is 0.0981. The fourth-order valence-electron chi connectivity index (χ4n) is 8.88. The Kier molecular flexibility index (Phi) is 11.3. The lowest BCUT2D eigenvalue weighted by Gasteiger charge is -2.30. The van der Waals surface area contributed by atoms with Gasteiger partial charge in [-0.05, 0) is 80.8 Å². The molecule has 14 nitrogen and oxygen atoms in total. The molecule has 2 saturated heterocycles. The van der Waals surface area contributed by atoms with Crippen LogP contribution < -0.4 is 15.8 Å². The first kappa shape index (κ1) is 39.6. The summed E-state index contributed by atoms with van der Waals surface area (Å²) in [6, 6.07) is 14.5. The second-order valence-corrected chi connectivity index (χ2v) is 16.8. The number of hydrogen-bond donors (Lipinski definition) is 4. The Hall–Kier alpha value is -5.18. The molecule has 0 aliphatic carbocycles. The molecule has 8 rings (SSSR count). The van der Waals surface area contributed by atoms with E-state index >= 15 is 0 Å². The Labute approximate surface area is 339 Å². The number of alkyl carbamates (subject to hydrolysis) is 1. The SMILES string of the molecule is COC(=O)NC(C(=O)N1CCCC1c1ncc(-c2ccc3c(c2)cc2n3COc3cc(-c4cnc(C5CC(OC)CN5CCCC(N)C(C)C)[nH]4)ccc3-2)[nH]1)C(C)C. The van der Waals surface area contributed by atoms with E-state index in [2.05, 4.69) is 81.1 Å². The summed E-state index contributed by atoms with van der Waals surface area (Å²) in [5, 5.41) is 3.81. The molecular weight excluding hydrogens is 735 g/mol. The van der Waals surface area contributed by atoms with Crippen molar-refractivity contribution in [3.8, 4) is 39.5 Å². The van der Waals surface area contributed by atoms with Crippen molar-refractivity contribution < 1.29 is 23.8 Å². The average Bonchev–Trinajstić information content (AvgIpc) is 4.08. The van der Waals surface area contributed by atoms with Crippen molar-refractivity contribution in [3.05, 3.63) is 66.5 Å². The van der Waals surface area contributed by atoms with Gasteiger partial charge in [0.1, 0.15) is 23.4 Å². The Morgan fingerprint density at radius 2 is 1.69 bits per heavy atom. The van der Waals surface area contributed by atoms with Crippen LogP contribution in [0.2, 0.25) is 0 Å². The van der Waals surface area contributed by atoms with Crippen LogP contribution in [-0.2, 0) is 21.0 Å². The second kappa shape index (κ2) is 16.6. The Balaban J connectivity index is 0.982. The lowest BCUT2D eigenvalue weighted by atomic mass is 10.0. The van der Waals surface area contributed by atoms with E-state index in [0.29, 0.717) is 19.2 Å². The summed E-state index contributed by atoms with van der Waals surface area (Å²) in [6.45, 7) is 11.1. The smallest absolute Gasteiger partial charge is 0.407 e. The molecule has 5 unspecified atom stereocenters. The number of nitrogens with two attached hydrogens (primary N) is 1. The first-order chi connectivity index (χ1) is 28.0. The van der Waals surface area contributed by atoms with Crippen LogP contribution in [0.25, 0.3) is 44.7 Å². The number of H-pyrrole nitrogens is 2. The number of nitrogens with zero attached hydrogens (tertiary/aromatic N) is 5. The molecule has 5 N–H and O–H groups in total. The normalized spacial score (nSPS) is 20.4. The van der Waals surface area contributed by atoms with Gasteiger partial charge in [-0.2, -0.15) is 0 Å². The summed E-state index contributed by atoms with van der Waals surface area (Å²) in [5.74, 6) is 2.79. The van der Waals surface area contributed by atoms with Crippen molar-refractivity contribution in [3.63, 3.8) is 0 Å². The van der Waals surface area contributed by atoms with Crippen molar-refractivity contribution in [2.45, 2.75) is 96.8 Å². The number of imidazole rings is 2. The van der Waals surface area contributed by atoms with Gasteiger partial charge in [0.05, 0.1) is 60.3 Å². The first-order valence-electron chi connectivity index (χ1n) is 20.7. The van der Waals surface area contributed by atoms with Crippen molar-refractivity contribution >= 4 is 22.9 Å². The molecule has 2 amide bonds. The highest BCUT2D eigenvalue weighted by molar-refractivity contribution is 5.92. The number of likely N-dealkylation sites (tertiary alicyclic amines) is 2. The van der Waals surface area contributed by atoms with Crippen LogP contribution in [-0.4, -0.2) is 98.3 Å². The zero-order valence-corrected chi connectivity index (χ0v) is 34.5. The molecular formula is C44H57N9O5.